The molecule has 0 fully saturated rings. The highest BCUT2D eigenvalue weighted by atomic mass is 13.7. The predicted molar refractivity (Wildman–Crippen MR) is 77.2 cm³/mol. The molecule has 0 saturated heterocycles. The van der Waals surface area contributed by atoms with Crippen LogP contribution in [0.1, 0.15) is 76.2 Å². The molecule has 0 radical (unpaired) electrons. The Morgan fingerprint density at radius 3 is 0.500 bits per heavy atom. The molecule has 0 aliphatic heterocycles. The van der Waals surface area contributed by atoms with Crippen molar-refractivity contribution >= 4 is 0 Å². The number of hydrogen-bond acceptors (Lipinski definition) is 0. The zero-order valence-electron chi connectivity index (χ0n) is 13.0. The van der Waals surface area contributed by atoms with Gasteiger partial charge < -0.3 is 0 Å². The Hall–Kier alpha value is -0.260. The maximum absolute atomic E-state index is 3.00. The lowest BCUT2D eigenvalue weighted by molar-refractivity contribution is 0.737. The van der Waals surface area contributed by atoms with Crippen LogP contribution in [0.3, 0.4) is 0 Å². The molecule has 0 aromatic rings. The van der Waals surface area contributed by atoms with Gasteiger partial charge >= 0.3 is 0 Å². The minimum atomic E-state index is 0.833. The van der Waals surface area contributed by atoms with Crippen molar-refractivity contribution in [3.8, 4) is 0 Å². The fourth-order valence-corrected chi connectivity index (χ4v) is 0. The molecule has 0 heterocycles. The van der Waals surface area contributed by atoms with Gasteiger partial charge in [0.1, 0.15) is 0 Å². The second kappa shape index (κ2) is 234. The van der Waals surface area contributed by atoms with Crippen LogP contribution in [0.25, 0.3) is 0 Å². The average molecular weight is 206 g/mol. The van der Waals surface area contributed by atoms with Crippen molar-refractivity contribution in [2.24, 2.45) is 5.92 Å². The van der Waals surface area contributed by atoms with Gasteiger partial charge in [-0.25, -0.2) is 0 Å². The zero-order valence-corrected chi connectivity index (χ0v) is 13.0. The molecule has 0 aromatic heterocycles. The molecule has 14 heavy (non-hydrogen) atoms. The van der Waals surface area contributed by atoms with Gasteiger partial charge in [-0.1, -0.05) is 76.2 Å². The largest absolute Gasteiger partial charge is 0.106 e. The molecule has 0 spiro atoms. The Bertz CT molecular complexity index is 11.2. The first-order valence-corrected chi connectivity index (χ1v) is 6.23. The van der Waals surface area contributed by atoms with E-state index in [1.54, 1.807) is 0 Å². The highest BCUT2D eigenvalue weighted by Gasteiger charge is 1.68. The van der Waals surface area contributed by atoms with Crippen molar-refractivity contribution in [1.29, 1.82) is 0 Å². The molecule has 0 aromatic carbocycles. The summed E-state index contributed by atoms with van der Waals surface area (Å²) in [4.78, 5) is 0. The smallest absolute Gasteiger partial charge is 0.0500 e. The lowest BCUT2D eigenvalue weighted by Gasteiger charge is -1.79. The standard InChI is InChI=1S/C4H10.4C2H6.C2H4/c1-4(2)3;5*1-2/h4H,1-3H3;4*1-2H3;1-2H2. The highest BCUT2D eigenvalue weighted by molar-refractivity contribution is 4.22. The Morgan fingerprint density at radius 1 is 0.500 bits per heavy atom. The monoisotopic (exact) mass is 206 g/mol. The van der Waals surface area contributed by atoms with E-state index in [-0.39, 0.29) is 0 Å². The van der Waals surface area contributed by atoms with Crippen LogP contribution in [0.2, 0.25) is 0 Å². The van der Waals surface area contributed by atoms with E-state index in [1.807, 2.05) is 55.4 Å². The van der Waals surface area contributed by atoms with Gasteiger partial charge in [-0.2, -0.15) is 0 Å². The van der Waals surface area contributed by atoms with Crippen molar-refractivity contribution in [1.82, 2.24) is 0 Å². The first-order valence-electron chi connectivity index (χ1n) is 6.23. The van der Waals surface area contributed by atoms with E-state index in [2.05, 4.69) is 33.9 Å². The maximum atomic E-state index is 3.00. The lowest BCUT2D eigenvalue weighted by Crippen LogP contribution is -1.66. The van der Waals surface area contributed by atoms with Gasteiger partial charge in [0.05, 0.1) is 0 Å². The summed E-state index contributed by atoms with van der Waals surface area (Å²) in [7, 11) is 0. The average Bonchev–Trinajstić information content (AvgIpc) is 2.30. The summed E-state index contributed by atoms with van der Waals surface area (Å²) in [6.45, 7) is 28.5. The minimum absolute atomic E-state index is 0.833. The Morgan fingerprint density at radius 2 is 0.500 bits per heavy atom. The summed E-state index contributed by atoms with van der Waals surface area (Å²) < 4.78 is 0. The molecule has 0 bridgehead atoms. The summed E-state index contributed by atoms with van der Waals surface area (Å²) in [5, 5.41) is 0. The molecule has 0 amide bonds. The maximum Gasteiger partial charge on any atom is -0.0500 e. The van der Waals surface area contributed by atoms with Gasteiger partial charge in [0, 0.05) is 0 Å². The fourth-order valence-electron chi connectivity index (χ4n) is 0. The van der Waals surface area contributed by atoms with Gasteiger partial charge in [-0.15, -0.1) is 13.2 Å². The van der Waals surface area contributed by atoms with E-state index in [4.69, 9.17) is 0 Å². The molecule has 0 unspecified atom stereocenters. The molecule has 0 N–H and O–H groups in total. The van der Waals surface area contributed by atoms with E-state index in [9.17, 15) is 0 Å². The van der Waals surface area contributed by atoms with Crippen LogP contribution in [-0.4, -0.2) is 0 Å². The SMILES string of the molecule is C=C.CC.CC.CC.CC.CC(C)C. The Labute approximate surface area is 95.8 Å². The van der Waals surface area contributed by atoms with Crippen LogP contribution in [-0.2, 0) is 0 Å². The van der Waals surface area contributed by atoms with Gasteiger partial charge in [0.2, 0.25) is 0 Å². The first kappa shape index (κ1) is 37.2. The van der Waals surface area contributed by atoms with Gasteiger partial charge in [0.15, 0.2) is 0 Å². The van der Waals surface area contributed by atoms with E-state index in [0.29, 0.717) is 0 Å². The van der Waals surface area contributed by atoms with Gasteiger partial charge in [-0.05, 0) is 5.92 Å². The zero-order chi connectivity index (χ0) is 13.6. The third-order valence-corrected chi connectivity index (χ3v) is 0. The molecule has 0 aliphatic carbocycles. The van der Waals surface area contributed by atoms with E-state index < -0.39 is 0 Å². The second-order valence-corrected chi connectivity index (χ2v) is 1.73. The van der Waals surface area contributed by atoms with Crippen LogP contribution in [0, 0.1) is 5.92 Å². The van der Waals surface area contributed by atoms with Crippen LogP contribution < -0.4 is 0 Å². The van der Waals surface area contributed by atoms with E-state index in [1.165, 1.54) is 0 Å². The summed E-state index contributed by atoms with van der Waals surface area (Å²) in [5.41, 5.74) is 0. The predicted octanol–water partition coefficient (Wildman–Crippen LogP) is 6.57. The van der Waals surface area contributed by atoms with Gasteiger partial charge in [0.25, 0.3) is 0 Å². The molecule has 0 heteroatoms. The Balaban J connectivity index is -0.0000000143. The third-order valence-electron chi connectivity index (χ3n) is 0. The molecule has 0 rings (SSSR count). The summed E-state index contributed by atoms with van der Waals surface area (Å²) in [6, 6.07) is 0. The van der Waals surface area contributed by atoms with Crippen LogP contribution in [0.5, 0.6) is 0 Å². The molecular weight excluding hydrogens is 168 g/mol. The van der Waals surface area contributed by atoms with Crippen molar-refractivity contribution in [2.75, 3.05) is 0 Å². The molecule has 0 saturated carbocycles. The van der Waals surface area contributed by atoms with E-state index >= 15 is 0 Å². The molecule has 94 valence electrons. The third kappa shape index (κ3) is 20000. The Kier molecular flexibility index (Phi) is 622. The summed E-state index contributed by atoms with van der Waals surface area (Å²) >= 11 is 0. The van der Waals surface area contributed by atoms with Crippen molar-refractivity contribution in [3.05, 3.63) is 13.2 Å². The molecule has 0 nitrogen and oxygen atoms in total. The van der Waals surface area contributed by atoms with Crippen LogP contribution >= 0.6 is 0 Å². The van der Waals surface area contributed by atoms with Crippen molar-refractivity contribution in [2.45, 2.75) is 76.2 Å². The molecule has 0 atom stereocenters. The van der Waals surface area contributed by atoms with Crippen LogP contribution in [0.15, 0.2) is 13.2 Å². The summed E-state index contributed by atoms with van der Waals surface area (Å²) in [5.74, 6) is 0.833. The van der Waals surface area contributed by atoms with Gasteiger partial charge in [-0.3, -0.25) is 0 Å². The second-order valence-electron chi connectivity index (χ2n) is 1.73. The minimum Gasteiger partial charge on any atom is -0.106 e. The normalized spacial score (nSPS) is 4.57. The number of rotatable bonds is 0. The summed E-state index contributed by atoms with van der Waals surface area (Å²) in [6.07, 6.45) is 0. The van der Waals surface area contributed by atoms with Crippen molar-refractivity contribution in [3.63, 3.8) is 0 Å². The highest BCUT2D eigenvalue weighted by Crippen LogP contribution is 1.81. The first-order chi connectivity index (χ1) is 6.73. The number of hydrogen-bond donors (Lipinski definition) is 0. The quantitative estimate of drug-likeness (QED) is 0.393. The molecular formula is C14H38. The van der Waals surface area contributed by atoms with Crippen molar-refractivity contribution < 1.29 is 0 Å². The van der Waals surface area contributed by atoms with Crippen LogP contribution in [0.4, 0.5) is 0 Å². The van der Waals surface area contributed by atoms with E-state index in [0.717, 1.165) is 5.92 Å². The lowest BCUT2D eigenvalue weighted by atomic mass is 10.3. The topological polar surface area (TPSA) is 0 Å². The fraction of sp³-hybridized carbons (Fsp3) is 0.857. The molecule has 0 aliphatic rings.